The molecule has 0 spiro atoms. The number of benzene rings is 1. The first-order valence-electron chi connectivity index (χ1n) is 7.50. The molecule has 122 valence electrons. The number of carbonyl (C=O) groups is 1. The minimum Gasteiger partial charge on any atom is -0.406 e. The molecule has 1 aromatic rings. The van der Waals surface area contributed by atoms with Crippen LogP contribution in [0.3, 0.4) is 0 Å². The third kappa shape index (κ3) is 3.81. The molecule has 1 saturated carbocycles. The largest absolute Gasteiger partial charge is 0.573 e. The van der Waals surface area contributed by atoms with E-state index in [4.69, 9.17) is 0 Å². The summed E-state index contributed by atoms with van der Waals surface area (Å²) in [5, 5.41) is 0. The predicted octanol–water partition coefficient (Wildman–Crippen LogP) is 5.23. The summed E-state index contributed by atoms with van der Waals surface area (Å²) in [6, 6.07) is 5.23. The van der Waals surface area contributed by atoms with Crippen molar-refractivity contribution in [3.05, 3.63) is 29.8 Å². The van der Waals surface area contributed by atoms with Crippen molar-refractivity contribution in [2.24, 2.45) is 17.3 Å². The van der Waals surface area contributed by atoms with E-state index >= 15 is 0 Å². The lowest BCUT2D eigenvalue weighted by Crippen LogP contribution is -2.39. The lowest BCUT2D eigenvalue weighted by Gasteiger charge is -2.42. The SMILES string of the molecule is C[C@H]1CCCC(C)(C)[C@H]1C(=O)c1ccc(OC(F)(F)F)cc1. The number of halogens is 3. The van der Waals surface area contributed by atoms with Gasteiger partial charge < -0.3 is 4.74 Å². The molecule has 0 bridgehead atoms. The van der Waals surface area contributed by atoms with Crippen LogP contribution in [-0.4, -0.2) is 12.1 Å². The molecule has 1 fully saturated rings. The standard InChI is InChI=1S/C17H21F3O2/c1-11-5-4-10-16(2,3)14(11)15(21)12-6-8-13(9-7-12)22-17(18,19)20/h6-9,11,14H,4-5,10H2,1-3H3/t11-,14+/m0/s1. The van der Waals surface area contributed by atoms with Gasteiger partial charge in [-0.15, -0.1) is 13.2 Å². The quantitative estimate of drug-likeness (QED) is 0.714. The number of rotatable bonds is 3. The Labute approximate surface area is 128 Å². The van der Waals surface area contributed by atoms with E-state index in [2.05, 4.69) is 25.5 Å². The summed E-state index contributed by atoms with van der Waals surface area (Å²) in [5.74, 6) is -0.117. The van der Waals surface area contributed by atoms with Gasteiger partial charge in [0.1, 0.15) is 5.75 Å². The zero-order valence-corrected chi connectivity index (χ0v) is 13.0. The van der Waals surface area contributed by atoms with Gasteiger partial charge in [-0.05, 0) is 48.4 Å². The highest BCUT2D eigenvalue weighted by molar-refractivity contribution is 5.98. The van der Waals surface area contributed by atoms with E-state index in [0.717, 1.165) is 19.3 Å². The molecule has 5 heteroatoms. The van der Waals surface area contributed by atoms with E-state index in [9.17, 15) is 18.0 Å². The van der Waals surface area contributed by atoms with Crippen molar-refractivity contribution < 1.29 is 22.7 Å². The molecular formula is C17H21F3O2. The molecule has 0 heterocycles. The first-order chi connectivity index (χ1) is 10.1. The van der Waals surface area contributed by atoms with E-state index in [0.29, 0.717) is 5.56 Å². The van der Waals surface area contributed by atoms with E-state index < -0.39 is 6.36 Å². The summed E-state index contributed by atoms with van der Waals surface area (Å²) in [4.78, 5) is 12.8. The van der Waals surface area contributed by atoms with E-state index in [1.54, 1.807) is 0 Å². The van der Waals surface area contributed by atoms with Crippen molar-refractivity contribution in [3.8, 4) is 5.75 Å². The molecule has 0 amide bonds. The van der Waals surface area contributed by atoms with Crippen LogP contribution in [0.5, 0.6) is 5.75 Å². The van der Waals surface area contributed by atoms with Crippen molar-refractivity contribution >= 4 is 5.78 Å². The highest BCUT2D eigenvalue weighted by atomic mass is 19.4. The molecule has 1 aliphatic rings. The monoisotopic (exact) mass is 314 g/mol. The molecule has 1 aromatic carbocycles. The van der Waals surface area contributed by atoms with Crippen molar-refractivity contribution in [3.63, 3.8) is 0 Å². The fourth-order valence-corrected chi connectivity index (χ4v) is 3.59. The molecule has 0 saturated heterocycles. The van der Waals surface area contributed by atoms with E-state index in [1.165, 1.54) is 24.3 Å². The smallest absolute Gasteiger partial charge is 0.406 e. The lowest BCUT2D eigenvalue weighted by atomic mass is 9.62. The zero-order valence-electron chi connectivity index (χ0n) is 13.0. The third-order valence-corrected chi connectivity index (χ3v) is 4.55. The minimum atomic E-state index is -4.72. The maximum absolute atomic E-state index is 12.8. The minimum absolute atomic E-state index is 0.00996. The van der Waals surface area contributed by atoms with Gasteiger partial charge in [0, 0.05) is 11.5 Å². The van der Waals surface area contributed by atoms with E-state index in [1.807, 2.05) is 0 Å². The van der Waals surface area contributed by atoms with Gasteiger partial charge in [-0.3, -0.25) is 4.79 Å². The highest BCUT2D eigenvalue weighted by Gasteiger charge is 2.41. The lowest BCUT2D eigenvalue weighted by molar-refractivity contribution is -0.274. The normalized spacial score (nSPS) is 24.8. The van der Waals surface area contributed by atoms with Crippen molar-refractivity contribution in [2.75, 3.05) is 0 Å². The number of Topliss-reactive ketones (excluding diaryl/α,β-unsaturated/α-hetero) is 1. The Hall–Kier alpha value is -1.52. The summed E-state index contributed by atoms with van der Waals surface area (Å²) in [6.07, 6.45) is -1.61. The van der Waals surface area contributed by atoms with Gasteiger partial charge in [0.15, 0.2) is 5.78 Å². The molecule has 2 nitrogen and oxygen atoms in total. The first-order valence-corrected chi connectivity index (χ1v) is 7.50. The predicted molar refractivity (Wildman–Crippen MR) is 77.7 cm³/mol. The van der Waals surface area contributed by atoms with Gasteiger partial charge in [0.05, 0.1) is 0 Å². The van der Waals surface area contributed by atoms with Crippen LogP contribution < -0.4 is 4.74 Å². The van der Waals surface area contributed by atoms with Crippen LogP contribution in [0.25, 0.3) is 0 Å². The number of alkyl halides is 3. The van der Waals surface area contributed by atoms with Crippen molar-refractivity contribution in [2.45, 2.75) is 46.4 Å². The molecule has 0 aliphatic heterocycles. The Kier molecular flexibility index (Phi) is 4.54. The summed E-state index contributed by atoms with van der Waals surface area (Å²) >= 11 is 0. The number of hydrogen-bond acceptors (Lipinski definition) is 2. The van der Waals surface area contributed by atoms with Gasteiger partial charge >= 0.3 is 6.36 Å². The maximum atomic E-state index is 12.8. The topological polar surface area (TPSA) is 26.3 Å². The molecule has 1 aliphatic carbocycles. The first kappa shape index (κ1) is 16.8. The van der Waals surface area contributed by atoms with Crippen LogP contribution in [-0.2, 0) is 0 Å². The number of hydrogen-bond donors (Lipinski definition) is 0. The fourth-order valence-electron chi connectivity index (χ4n) is 3.59. The van der Waals surface area contributed by atoms with Crippen LogP contribution in [0.1, 0.15) is 50.4 Å². The molecular weight excluding hydrogens is 293 g/mol. The van der Waals surface area contributed by atoms with Crippen molar-refractivity contribution in [1.82, 2.24) is 0 Å². The fraction of sp³-hybridized carbons (Fsp3) is 0.588. The second-order valence-corrected chi connectivity index (χ2v) is 6.77. The van der Waals surface area contributed by atoms with Gasteiger partial charge in [-0.2, -0.15) is 0 Å². The number of ketones is 1. The van der Waals surface area contributed by atoms with Crippen LogP contribution in [0, 0.1) is 17.3 Å². The molecule has 0 aromatic heterocycles. The van der Waals surface area contributed by atoms with E-state index in [-0.39, 0.29) is 28.8 Å². The summed E-state index contributed by atoms with van der Waals surface area (Å²) in [6.45, 7) is 6.25. The summed E-state index contributed by atoms with van der Waals surface area (Å²) < 4.78 is 40.3. The number of carbonyl (C=O) groups excluding carboxylic acids is 1. The Bertz CT molecular complexity index is 532. The van der Waals surface area contributed by atoms with Gasteiger partial charge in [0.2, 0.25) is 0 Å². The Balaban J connectivity index is 2.18. The molecule has 0 unspecified atom stereocenters. The third-order valence-electron chi connectivity index (χ3n) is 4.55. The molecule has 22 heavy (non-hydrogen) atoms. The molecule has 0 N–H and O–H groups in total. The summed E-state index contributed by atoms with van der Waals surface area (Å²) in [7, 11) is 0. The van der Waals surface area contributed by atoms with Crippen LogP contribution >= 0.6 is 0 Å². The second-order valence-electron chi connectivity index (χ2n) is 6.77. The van der Waals surface area contributed by atoms with Gasteiger partial charge in [-0.25, -0.2) is 0 Å². The Morgan fingerprint density at radius 2 is 1.82 bits per heavy atom. The molecule has 0 radical (unpaired) electrons. The summed E-state index contributed by atoms with van der Waals surface area (Å²) in [5.41, 5.74) is 0.358. The van der Waals surface area contributed by atoms with Crippen LogP contribution in [0.15, 0.2) is 24.3 Å². The van der Waals surface area contributed by atoms with Gasteiger partial charge in [-0.1, -0.05) is 27.2 Å². The van der Waals surface area contributed by atoms with Gasteiger partial charge in [0.25, 0.3) is 0 Å². The average molecular weight is 314 g/mol. The zero-order chi connectivity index (χ0) is 16.5. The average Bonchev–Trinajstić information content (AvgIpc) is 2.36. The maximum Gasteiger partial charge on any atom is 0.573 e. The number of ether oxygens (including phenoxy) is 1. The highest BCUT2D eigenvalue weighted by Crippen LogP contribution is 2.45. The molecule has 2 atom stereocenters. The Morgan fingerprint density at radius 3 is 2.32 bits per heavy atom. The Morgan fingerprint density at radius 1 is 1.23 bits per heavy atom. The van der Waals surface area contributed by atoms with Crippen molar-refractivity contribution in [1.29, 1.82) is 0 Å². The second kappa shape index (κ2) is 5.94. The molecule has 2 rings (SSSR count). The van der Waals surface area contributed by atoms with Crippen LogP contribution in [0.2, 0.25) is 0 Å². The van der Waals surface area contributed by atoms with Crippen LogP contribution in [0.4, 0.5) is 13.2 Å².